The number of hydrogen-bond donors (Lipinski definition) is 5. The number of nitrogens with one attached hydrogen (secondary N) is 4. The smallest absolute Gasteiger partial charge is 0.328 e. The number of esters is 2. The summed E-state index contributed by atoms with van der Waals surface area (Å²) in [6.45, 7) is 4.18. The zero-order chi connectivity index (χ0) is 28.1. The second kappa shape index (κ2) is 21.3. The molecule has 212 valence electrons. The molecule has 12 nitrogen and oxygen atoms in total. The van der Waals surface area contributed by atoms with Gasteiger partial charge in [0.1, 0.15) is 24.5 Å². The van der Waals surface area contributed by atoms with Crippen molar-refractivity contribution in [2.24, 2.45) is 5.73 Å². The number of Topliss-reactive ketones (excluding diaryl/α,β-unsaturated/α-hetero) is 1. The Kier molecular flexibility index (Phi) is 19.6. The summed E-state index contributed by atoms with van der Waals surface area (Å²) < 4.78 is 9.76. The van der Waals surface area contributed by atoms with Crippen molar-refractivity contribution in [3.05, 3.63) is 12.7 Å². The van der Waals surface area contributed by atoms with Crippen LogP contribution in [0.3, 0.4) is 0 Å². The van der Waals surface area contributed by atoms with Gasteiger partial charge in [0.25, 0.3) is 0 Å². The van der Waals surface area contributed by atoms with E-state index in [0.29, 0.717) is 51.5 Å². The highest BCUT2D eigenvalue weighted by Crippen LogP contribution is 2.08. The SMILES string of the molecule is C=CCOC(=O)[C@@H](CCCCNC(=O)CCC(=O)CCCC[C@@H](NC)C(=O)OC)NC(=O)[C@H](N)CNC. The predicted molar refractivity (Wildman–Crippen MR) is 139 cm³/mol. The lowest BCUT2D eigenvalue weighted by atomic mass is 10.0. The minimum atomic E-state index is -0.848. The zero-order valence-corrected chi connectivity index (χ0v) is 22.4. The number of methoxy groups -OCH3 is 1. The van der Waals surface area contributed by atoms with Crippen molar-refractivity contribution in [1.29, 1.82) is 0 Å². The van der Waals surface area contributed by atoms with E-state index in [-0.39, 0.29) is 49.7 Å². The first-order valence-corrected chi connectivity index (χ1v) is 12.7. The van der Waals surface area contributed by atoms with E-state index in [1.165, 1.54) is 13.2 Å². The third kappa shape index (κ3) is 16.5. The Hall–Kier alpha value is -2.83. The molecule has 0 fully saturated rings. The van der Waals surface area contributed by atoms with Gasteiger partial charge in [-0.3, -0.25) is 19.2 Å². The van der Waals surface area contributed by atoms with Crippen molar-refractivity contribution < 1.29 is 33.4 Å². The molecular weight excluding hydrogens is 482 g/mol. The number of carbonyl (C=O) groups is 5. The first-order chi connectivity index (χ1) is 17.7. The molecule has 0 bridgehead atoms. The van der Waals surface area contributed by atoms with Gasteiger partial charge in [-0.25, -0.2) is 4.79 Å². The average molecular weight is 528 g/mol. The molecule has 0 aromatic carbocycles. The van der Waals surface area contributed by atoms with Gasteiger partial charge in [-0.05, 0) is 46.2 Å². The monoisotopic (exact) mass is 527 g/mol. The van der Waals surface area contributed by atoms with E-state index >= 15 is 0 Å². The van der Waals surface area contributed by atoms with Crippen LogP contribution in [0.2, 0.25) is 0 Å². The number of ketones is 1. The van der Waals surface area contributed by atoms with Crippen molar-refractivity contribution in [2.75, 3.05) is 40.9 Å². The molecule has 0 radical (unpaired) electrons. The maximum Gasteiger partial charge on any atom is 0.328 e. The number of carbonyl (C=O) groups excluding carboxylic acids is 5. The Morgan fingerprint density at radius 1 is 0.919 bits per heavy atom. The summed E-state index contributed by atoms with van der Waals surface area (Å²) in [7, 11) is 4.69. The molecule has 0 saturated carbocycles. The summed E-state index contributed by atoms with van der Waals surface area (Å²) in [5.74, 6) is -1.57. The topological polar surface area (TPSA) is 178 Å². The fourth-order valence-electron chi connectivity index (χ4n) is 3.44. The molecule has 37 heavy (non-hydrogen) atoms. The second-order valence-electron chi connectivity index (χ2n) is 8.64. The van der Waals surface area contributed by atoms with Crippen molar-refractivity contribution in [1.82, 2.24) is 21.3 Å². The largest absolute Gasteiger partial charge is 0.468 e. The third-order valence-electron chi connectivity index (χ3n) is 5.61. The van der Waals surface area contributed by atoms with Gasteiger partial charge in [0.2, 0.25) is 11.8 Å². The molecular formula is C25H45N5O7. The van der Waals surface area contributed by atoms with E-state index in [0.717, 1.165) is 0 Å². The molecule has 0 aromatic heterocycles. The predicted octanol–water partition coefficient (Wildman–Crippen LogP) is -0.296. The average Bonchev–Trinajstić information content (AvgIpc) is 2.89. The molecule has 3 atom stereocenters. The zero-order valence-electron chi connectivity index (χ0n) is 22.4. The molecule has 0 aromatic rings. The van der Waals surface area contributed by atoms with Crippen LogP contribution in [0.5, 0.6) is 0 Å². The van der Waals surface area contributed by atoms with E-state index in [1.807, 2.05) is 0 Å². The van der Waals surface area contributed by atoms with Gasteiger partial charge >= 0.3 is 11.9 Å². The number of ether oxygens (including phenoxy) is 2. The summed E-state index contributed by atoms with van der Waals surface area (Å²) in [5.41, 5.74) is 5.77. The van der Waals surface area contributed by atoms with Gasteiger partial charge < -0.3 is 36.5 Å². The highest BCUT2D eigenvalue weighted by molar-refractivity contribution is 5.87. The van der Waals surface area contributed by atoms with Gasteiger partial charge in [-0.15, -0.1) is 0 Å². The number of likely N-dealkylation sites (N-methyl/N-ethyl adjacent to an activating group) is 2. The summed E-state index contributed by atoms with van der Waals surface area (Å²) in [5, 5.41) is 11.1. The summed E-state index contributed by atoms with van der Waals surface area (Å²) >= 11 is 0. The lowest BCUT2D eigenvalue weighted by Crippen LogP contribution is -2.51. The molecule has 0 saturated heterocycles. The van der Waals surface area contributed by atoms with E-state index in [1.54, 1.807) is 14.1 Å². The Morgan fingerprint density at radius 3 is 2.22 bits per heavy atom. The molecule has 0 aliphatic heterocycles. The summed E-state index contributed by atoms with van der Waals surface area (Å²) in [4.78, 5) is 60.0. The molecule has 0 unspecified atom stereocenters. The van der Waals surface area contributed by atoms with Crippen LogP contribution in [0.4, 0.5) is 0 Å². The van der Waals surface area contributed by atoms with Crippen molar-refractivity contribution in [3.63, 3.8) is 0 Å². The Morgan fingerprint density at radius 2 is 1.59 bits per heavy atom. The van der Waals surface area contributed by atoms with Gasteiger partial charge in [0.15, 0.2) is 0 Å². The van der Waals surface area contributed by atoms with Gasteiger partial charge in [-0.2, -0.15) is 0 Å². The van der Waals surface area contributed by atoms with E-state index in [9.17, 15) is 24.0 Å². The molecule has 6 N–H and O–H groups in total. The fraction of sp³-hybridized carbons (Fsp3) is 0.720. The van der Waals surface area contributed by atoms with Crippen LogP contribution in [-0.4, -0.2) is 88.6 Å². The van der Waals surface area contributed by atoms with Crippen molar-refractivity contribution >= 4 is 29.5 Å². The standard InChI is InChI=1S/C25H45N5O7/c1-5-16-37-25(35)21(30-23(33)19(26)17-27-2)12-8-9-15-29-22(32)14-13-18(31)10-6-7-11-20(28-3)24(34)36-4/h5,19-21,27-28H,1,6-17,26H2,2-4H3,(H,29,32)(H,30,33)/t19-,20-,21-/m1/s1. The molecule has 0 rings (SSSR count). The highest BCUT2D eigenvalue weighted by Gasteiger charge is 2.24. The number of rotatable bonds is 22. The Balaban J connectivity index is 4.22. The Bertz CT molecular complexity index is 732. The summed E-state index contributed by atoms with van der Waals surface area (Å²) in [6, 6.07) is -2.03. The van der Waals surface area contributed by atoms with Crippen LogP contribution in [0, 0.1) is 0 Å². The molecule has 12 heteroatoms. The number of nitrogens with two attached hydrogens (primary N) is 1. The number of hydrogen-bond acceptors (Lipinski definition) is 10. The Labute approximate surface area is 219 Å². The normalized spacial score (nSPS) is 13.1. The first kappa shape index (κ1) is 34.2. The minimum Gasteiger partial charge on any atom is -0.468 e. The highest BCUT2D eigenvalue weighted by atomic mass is 16.5. The van der Waals surface area contributed by atoms with E-state index in [4.69, 9.17) is 15.2 Å². The lowest BCUT2D eigenvalue weighted by Gasteiger charge is -2.19. The van der Waals surface area contributed by atoms with E-state index in [2.05, 4.69) is 27.8 Å². The molecule has 0 aliphatic rings. The van der Waals surface area contributed by atoms with Crippen LogP contribution in [0.1, 0.15) is 57.8 Å². The molecule has 2 amide bonds. The van der Waals surface area contributed by atoms with Gasteiger partial charge in [-0.1, -0.05) is 19.1 Å². The van der Waals surface area contributed by atoms with Gasteiger partial charge in [0, 0.05) is 32.4 Å². The van der Waals surface area contributed by atoms with Crippen molar-refractivity contribution in [3.8, 4) is 0 Å². The fourth-order valence-corrected chi connectivity index (χ4v) is 3.44. The maximum atomic E-state index is 12.3. The van der Waals surface area contributed by atoms with Crippen LogP contribution in [-0.2, 0) is 33.4 Å². The minimum absolute atomic E-state index is 0.00215. The van der Waals surface area contributed by atoms with Crippen molar-refractivity contribution in [2.45, 2.75) is 75.9 Å². The van der Waals surface area contributed by atoms with Gasteiger partial charge in [0.05, 0.1) is 13.2 Å². The summed E-state index contributed by atoms with van der Waals surface area (Å²) in [6.07, 6.45) is 5.44. The lowest BCUT2D eigenvalue weighted by molar-refractivity contribution is -0.147. The first-order valence-electron chi connectivity index (χ1n) is 12.7. The third-order valence-corrected chi connectivity index (χ3v) is 5.61. The van der Waals surface area contributed by atoms with Crippen LogP contribution in [0.25, 0.3) is 0 Å². The molecule has 0 heterocycles. The van der Waals surface area contributed by atoms with Crippen LogP contribution >= 0.6 is 0 Å². The van der Waals surface area contributed by atoms with Crippen LogP contribution < -0.4 is 27.0 Å². The molecule has 0 aliphatic carbocycles. The van der Waals surface area contributed by atoms with E-state index < -0.39 is 24.0 Å². The molecule has 0 spiro atoms. The quantitative estimate of drug-likeness (QED) is 0.0713. The maximum absolute atomic E-state index is 12.3. The number of amides is 2. The number of unbranched alkanes of at least 4 members (excludes halogenated alkanes) is 2. The second-order valence-corrected chi connectivity index (χ2v) is 8.64. The van der Waals surface area contributed by atoms with Crippen LogP contribution in [0.15, 0.2) is 12.7 Å².